The van der Waals surface area contributed by atoms with Crippen molar-refractivity contribution in [1.29, 1.82) is 0 Å². The molecule has 0 unspecified atom stereocenters. The molecule has 16 heavy (non-hydrogen) atoms. The van der Waals surface area contributed by atoms with E-state index in [4.69, 9.17) is 0 Å². The maximum absolute atomic E-state index is 11.1. The Labute approximate surface area is 97.9 Å². The molecular formula is C12H10N2OS. The average molecular weight is 230 g/mol. The zero-order valence-electron chi connectivity index (χ0n) is 8.75. The minimum absolute atomic E-state index is 0.0820. The summed E-state index contributed by atoms with van der Waals surface area (Å²) in [6, 6.07) is 9.34. The highest BCUT2D eigenvalue weighted by atomic mass is 32.2. The van der Waals surface area contributed by atoms with Crippen molar-refractivity contribution in [3.05, 3.63) is 48.4 Å². The van der Waals surface area contributed by atoms with E-state index < -0.39 is 0 Å². The molecule has 1 aromatic heterocycles. The van der Waals surface area contributed by atoms with Gasteiger partial charge in [-0.05, 0) is 25.1 Å². The van der Waals surface area contributed by atoms with Crippen LogP contribution in [0.15, 0.2) is 52.8 Å². The maximum atomic E-state index is 11.1. The van der Waals surface area contributed by atoms with Crippen molar-refractivity contribution in [3.63, 3.8) is 0 Å². The van der Waals surface area contributed by atoms with Gasteiger partial charge in [-0.3, -0.25) is 4.79 Å². The molecule has 0 spiro atoms. The van der Waals surface area contributed by atoms with E-state index in [1.807, 2.05) is 30.3 Å². The molecule has 0 atom stereocenters. The molecule has 3 nitrogen and oxygen atoms in total. The molecule has 80 valence electrons. The van der Waals surface area contributed by atoms with Crippen molar-refractivity contribution in [2.24, 2.45) is 0 Å². The first-order valence-electron chi connectivity index (χ1n) is 4.80. The lowest BCUT2D eigenvalue weighted by molar-refractivity contribution is 0.101. The van der Waals surface area contributed by atoms with Crippen LogP contribution in [0.4, 0.5) is 0 Å². The minimum Gasteiger partial charge on any atom is -0.295 e. The fraction of sp³-hybridized carbons (Fsp3) is 0.0833. The molecule has 2 aromatic rings. The third-order valence-electron chi connectivity index (χ3n) is 2.04. The topological polar surface area (TPSA) is 42.9 Å². The van der Waals surface area contributed by atoms with Crippen LogP contribution in [-0.2, 0) is 0 Å². The van der Waals surface area contributed by atoms with E-state index in [-0.39, 0.29) is 5.78 Å². The van der Waals surface area contributed by atoms with Gasteiger partial charge in [0.05, 0.1) is 0 Å². The molecule has 0 radical (unpaired) electrons. The Morgan fingerprint density at radius 3 is 2.50 bits per heavy atom. The fourth-order valence-corrected chi connectivity index (χ4v) is 1.96. The van der Waals surface area contributed by atoms with Crippen LogP contribution in [0.1, 0.15) is 17.3 Å². The van der Waals surface area contributed by atoms with Crippen LogP contribution < -0.4 is 0 Å². The number of hydrogen-bond donors (Lipinski definition) is 0. The lowest BCUT2D eigenvalue weighted by atomic mass is 10.2. The molecule has 0 fully saturated rings. The van der Waals surface area contributed by atoms with Gasteiger partial charge in [-0.1, -0.05) is 23.9 Å². The number of carbonyl (C=O) groups excluding carboxylic acids is 1. The van der Waals surface area contributed by atoms with E-state index in [9.17, 15) is 4.79 Å². The van der Waals surface area contributed by atoms with Gasteiger partial charge in [0.25, 0.3) is 0 Å². The molecule has 0 saturated carbocycles. The number of carbonyl (C=O) groups is 1. The van der Waals surface area contributed by atoms with Gasteiger partial charge < -0.3 is 0 Å². The largest absolute Gasteiger partial charge is 0.295 e. The summed E-state index contributed by atoms with van der Waals surface area (Å²) in [4.78, 5) is 20.1. The predicted octanol–water partition coefficient (Wildman–Crippen LogP) is 2.83. The second kappa shape index (κ2) is 4.90. The standard InChI is InChI=1S/C12H10N2OS/c1-9(15)10-2-4-11(5-3-10)16-12-6-7-13-8-14-12/h2-8H,1H3. The molecule has 1 heterocycles. The number of aromatic nitrogens is 2. The summed E-state index contributed by atoms with van der Waals surface area (Å²) in [5.74, 6) is 0.0820. The van der Waals surface area contributed by atoms with Crippen LogP contribution in [0.3, 0.4) is 0 Å². The highest BCUT2D eigenvalue weighted by Crippen LogP contribution is 2.25. The van der Waals surface area contributed by atoms with Crippen molar-refractivity contribution >= 4 is 17.5 Å². The highest BCUT2D eigenvalue weighted by Gasteiger charge is 2.01. The zero-order valence-corrected chi connectivity index (χ0v) is 9.57. The fourth-order valence-electron chi connectivity index (χ4n) is 1.22. The van der Waals surface area contributed by atoms with Gasteiger partial charge in [0, 0.05) is 16.7 Å². The number of benzene rings is 1. The van der Waals surface area contributed by atoms with Gasteiger partial charge in [-0.15, -0.1) is 0 Å². The Morgan fingerprint density at radius 1 is 1.19 bits per heavy atom. The Balaban J connectivity index is 2.14. The lowest BCUT2D eigenvalue weighted by Gasteiger charge is -2.00. The van der Waals surface area contributed by atoms with Gasteiger partial charge in [0.2, 0.25) is 0 Å². The van der Waals surface area contributed by atoms with Crippen LogP contribution in [0.25, 0.3) is 0 Å². The SMILES string of the molecule is CC(=O)c1ccc(Sc2ccncn2)cc1. The second-order valence-corrected chi connectivity index (χ2v) is 4.32. The van der Waals surface area contributed by atoms with Crippen LogP contribution in [-0.4, -0.2) is 15.8 Å². The first-order valence-corrected chi connectivity index (χ1v) is 5.62. The summed E-state index contributed by atoms with van der Waals surface area (Å²) in [6.45, 7) is 1.56. The molecule has 0 amide bonds. The number of rotatable bonds is 3. The van der Waals surface area contributed by atoms with Gasteiger partial charge in [0.1, 0.15) is 11.4 Å². The summed E-state index contributed by atoms with van der Waals surface area (Å²) in [5, 5.41) is 0.894. The van der Waals surface area contributed by atoms with Crippen LogP contribution >= 0.6 is 11.8 Å². The molecule has 0 aliphatic rings. The van der Waals surface area contributed by atoms with Crippen molar-refractivity contribution in [2.45, 2.75) is 16.8 Å². The number of nitrogens with zero attached hydrogens (tertiary/aromatic N) is 2. The Hall–Kier alpha value is -1.68. The molecule has 4 heteroatoms. The third-order valence-corrected chi connectivity index (χ3v) is 3.00. The zero-order chi connectivity index (χ0) is 11.4. The van der Waals surface area contributed by atoms with Crippen molar-refractivity contribution in [1.82, 2.24) is 9.97 Å². The normalized spacial score (nSPS) is 10.1. The Morgan fingerprint density at radius 2 is 1.94 bits per heavy atom. The second-order valence-electron chi connectivity index (χ2n) is 3.23. The van der Waals surface area contributed by atoms with E-state index in [0.717, 1.165) is 15.5 Å². The molecule has 0 aliphatic carbocycles. The smallest absolute Gasteiger partial charge is 0.159 e. The monoisotopic (exact) mass is 230 g/mol. The van der Waals surface area contributed by atoms with E-state index in [1.165, 1.54) is 6.33 Å². The lowest BCUT2D eigenvalue weighted by Crippen LogP contribution is -1.90. The summed E-state index contributed by atoms with van der Waals surface area (Å²) in [6.07, 6.45) is 3.23. The van der Waals surface area contributed by atoms with Crippen LogP contribution in [0.5, 0.6) is 0 Å². The predicted molar refractivity (Wildman–Crippen MR) is 62.6 cm³/mol. The van der Waals surface area contributed by atoms with Gasteiger partial charge in [-0.2, -0.15) is 0 Å². The summed E-state index contributed by atoms with van der Waals surface area (Å²) < 4.78 is 0. The number of ketones is 1. The first kappa shape index (κ1) is 10.8. The minimum atomic E-state index is 0.0820. The Bertz CT molecular complexity index is 482. The molecular weight excluding hydrogens is 220 g/mol. The van der Waals surface area contributed by atoms with Gasteiger partial charge in [-0.25, -0.2) is 9.97 Å². The first-order chi connectivity index (χ1) is 7.75. The quantitative estimate of drug-likeness (QED) is 0.600. The maximum Gasteiger partial charge on any atom is 0.159 e. The molecule has 0 bridgehead atoms. The van der Waals surface area contributed by atoms with Crippen LogP contribution in [0.2, 0.25) is 0 Å². The van der Waals surface area contributed by atoms with Gasteiger partial charge >= 0.3 is 0 Å². The molecule has 0 N–H and O–H groups in total. The number of Topliss-reactive ketones (excluding diaryl/α,β-unsaturated/α-hetero) is 1. The van der Waals surface area contributed by atoms with Crippen LogP contribution in [0, 0.1) is 0 Å². The van der Waals surface area contributed by atoms with Crippen molar-refractivity contribution in [3.8, 4) is 0 Å². The van der Waals surface area contributed by atoms with E-state index in [0.29, 0.717) is 0 Å². The summed E-state index contributed by atoms with van der Waals surface area (Å²) >= 11 is 1.55. The third kappa shape index (κ3) is 2.67. The van der Waals surface area contributed by atoms with E-state index in [1.54, 1.807) is 24.9 Å². The van der Waals surface area contributed by atoms with Crippen molar-refractivity contribution in [2.75, 3.05) is 0 Å². The molecule has 0 saturated heterocycles. The van der Waals surface area contributed by atoms with E-state index >= 15 is 0 Å². The molecule has 2 rings (SSSR count). The molecule has 0 aliphatic heterocycles. The Kier molecular flexibility index (Phi) is 3.31. The van der Waals surface area contributed by atoms with Crippen molar-refractivity contribution < 1.29 is 4.79 Å². The summed E-state index contributed by atoms with van der Waals surface area (Å²) in [7, 11) is 0. The van der Waals surface area contributed by atoms with E-state index in [2.05, 4.69) is 9.97 Å². The average Bonchev–Trinajstić information content (AvgIpc) is 2.31. The van der Waals surface area contributed by atoms with Gasteiger partial charge in [0.15, 0.2) is 5.78 Å². The molecule has 1 aromatic carbocycles. The summed E-state index contributed by atoms with van der Waals surface area (Å²) in [5.41, 5.74) is 0.729. The highest BCUT2D eigenvalue weighted by molar-refractivity contribution is 7.99. The number of hydrogen-bond acceptors (Lipinski definition) is 4.